The molecule has 2 heterocycles. The SMILES string of the molecule is O=C1Nc2ccccc2[C@H]2CCNC[C@H]12. The number of nitrogens with one attached hydrogen (secondary N) is 2. The Bertz CT molecular complexity index is 402. The fourth-order valence-electron chi connectivity index (χ4n) is 2.67. The second-order valence-electron chi connectivity index (χ2n) is 4.28. The zero-order chi connectivity index (χ0) is 10.3. The minimum atomic E-state index is 0.119. The third-order valence-corrected chi connectivity index (χ3v) is 3.44. The van der Waals surface area contributed by atoms with Crippen molar-refractivity contribution in [3.63, 3.8) is 0 Å². The van der Waals surface area contributed by atoms with Crippen LogP contribution in [0.3, 0.4) is 0 Å². The molecule has 1 aromatic rings. The van der Waals surface area contributed by atoms with E-state index in [0.717, 1.165) is 25.2 Å². The standard InChI is InChI=1S/C12H14N2O/c15-12-10-7-13-6-5-8(10)9-3-1-2-4-11(9)14-12/h1-4,8,10,13H,5-7H2,(H,14,15)/t8-,10+/m1/s1. The van der Waals surface area contributed by atoms with Crippen LogP contribution in [0.2, 0.25) is 0 Å². The Kier molecular flexibility index (Phi) is 1.99. The Labute approximate surface area is 88.9 Å². The Morgan fingerprint density at radius 1 is 1.20 bits per heavy atom. The van der Waals surface area contributed by atoms with Crippen molar-refractivity contribution >= 4 is 11.6 Å². The van der Waals surface area contributed by atoms with Crippen LogP contribution in [-0.4, -0.2) is 19.0 Å². The molecule has 78 valence electrons. The summed E-state index contributed by atoms with van der Waals surface area (Å²) in [5.74, 6) is 0.704. The number of hydrogen-bond acceptors (Lipinski definition) is 2. The third-order valence-electron chi connectivity index (χ3n) is 3.44. The van der Waals surface area contributed by atoms with Crippen LogP contribution in [0.5, 0.6) is 0 Å². The molecule has 15 heavy (non-hydrogen) atoms. The highest BCUT2D eigenvalue weighted by Gasteiger charge is 2.36. The van der Waals surface area contributed by atoms with Gasteiger partial charge in [-0.2, -0.15) is 0 Å². The first-order chi connectivity index (χ1) is 7.36. The first-order valence-electron chi connectivity index (χ1n) is 5.47. The molecule has 0 spiro atoms. The predicted molar refractivity (Wildman–Crippen MR) is 58.8 cm³/mol. The Morgan fingerprint density at radius 3 is 3.00 bits per heavy atom. The molecule has 0 saturated carbocycles. The first kappa shape index (κ1) is 8.92. The van der Waals surface area contributed by atoms with Crippen LogP contribution in [0.1, 0.15) is 17.9 Å². The lowest BCUT2D eigenvalue weighted by atomic mass is 9.77. The third kappa shape index (κ3) is 1.35. The van der Waals surface area contributed by atoms with Crippen LogP contribution < -0.4 is 10.6 Å². The molecule has 2 N–H and O–H groups in total. The predicted octanol–water partition coefficient (Wildman–Crippen LogP) is 1.33. The highest BCUT2D eigenvalue weighted by molar-refractivity contribution is 5.96. The van der Waals surface area contributed by atoms with Crippen LogP contribution in [0, 0.1) is 5.92 Å². The number of piperidine rings is 1. The van der Waals surface area contributed by atoms with Crippen LogP contribution in [0.4, 0.5) is 5.69 Å². The lowest BCUT2D eigenvalue weighted by molar-refractivity contribution is -0.121. The maximum absolute atomic E-state index is 11.8. The van der Waals surface area contributed by atoms with Crippen molar-refractivity contribution < 1.29 is 4.79 Å². The number of para-hydroxylation sites is 1. The number of carbonyl (C=O) groups is 1. The lowest BCUT2D eigenvalue weighted by Crippen LogP contribution is -2.44. The van der Waals surface area contributed by atoms with Gasteiger partial charge in [0.1, 0.15) is 0 Å². The molecule has 2 aliphatic heterocycles. The smallest absolute Gasteiger partial charge is 0.229 e. The lowest BCUT2D eigenvalue weighted by Gasteiger charge is -2.36. The van der Waals surface area contributed by atoms with E-state index in [0.29, 0.717) is 5.92 Å². The maximum Gasteiger partial charge on any atom is 0.229 e. The molecule has 3 rings (SSSR count). The molecule has 1 fully saturated rings. The summed E-state index contributed by atoms with van der Waals surface area (Å²) in [5, 5.41) is 6.26. The zero-order valence-corrected chi connectivity index (χ0v) is 8.49. The van der Waals surface area contributed by atoms with E-state index in [2.05, 4.69) is 22.8 Å². The van der Waals surface area contributed by atoms with E-state index in [1.165, 1.54) is 5.56 Å². The zero-order valence-electron chi connectivity index (χ0n) is 8.49. The molecule has 2 aliphatic rings. The van der Waals surface area contributed by atoms with Gasteiger partial charge in [0.2, 0.25) is 5.91 Å². The molecule has 2 atom stereocenters. The van der Waals surface area contributed by atoms with Crippen LogP contribution >= 0.6 is 0 Å². The second-order valence-corrected chi connectivity index (χ2v) is 4.28. The summed E-state index contributed by atoms with van der Waals surface area (Å²) < 4.78 is 0. The van der Waals surface area contributed by atoms with E-state index >= 15 is 0 Å². The number of amides is 1. The van der Waals surface area contributed by atoms with E-state index < -0.39 is 0 Å². The van der Waals surface area contributed by atoms with Crippen molar-refractivity contribution in [2.24, 2.45) is 5.92 Å². The number of fused-ring (bicyclic) bond motifs is 3. The molecule has 0 unspecified atom stereocenters. The van der Waals surface area contributed by atoms with Crippen LogP contribution in [0.15, 0.2) is 24.3 Å². The Hall–Kier alpha value is -1.35. The molecule has 0 radical (unpaired) electrons. The van der Waals surface area contributed by atoms with Gasteiger partial charge in [-0.3, -0.25) is 4.79 Å². The van der Waals surface area contributed by atoms with Gasteiger partial charge in [-0.15, -0.1) is 0 Å². The van der Waals surface area contributed by atoms with Gasteiger partial charge in [0, 0.05) is 12.2 Å². The topological polar surface area (TPSA) is 41.1 Å². The largest absolute Gasteiger partial charge is 0.326 e. The van der Waals surface area contributed by atoms with Gasteiger partial charge < -0.3 is 10.6 Å². The summed E-state index contributed by atoms with van der Waals surface area (Å²) in [6, 6.07) is 8.15. The van der Waals surface area contributed by atoms with Crippen molar-refractivity contribution in [3.8, 4) is 0 Å². The van der Waals surface area contributed by atoms with E-state index in [1.54, 1.807) is 0 Å². The summed E-state index contributed by atoms with van der Waals surface area (Å²) in [5.41, 5.74) is 2.31. The molecule has 1 saturated heterocycles. The van der Waals surface area contributed by atoms with Crippen LogP contribution in [-0.2, 0) is 4.79 Å². The fraction of sp³-hybridized carbons (Fsp3) is 0.417. The molecule has 3 heteroatoms. The van der Waals surface area contributed by atoms with Gasteiger partial charge in [0.25, 0.3) is 0 Å². The molecule has 1 aromatic carbocycles. The highest BCUT2D eigenvalue weighted by atomic mass is 16.2. The second kappa shape index (κ2) is 3.35. The number of anilines is 1. The molecule has 3 nitrogen and oxygen atoms in total. The van der Waals surface area contributed by atoms with Gasteiger partial charge in [-0.1, -0.05) is 18.2 Å². The van der Waals surface area contributed by atoms with Crippen molar-refractivity contribution in [3.05, 3.63) is 29.8 Å². The molecular formula is C12H14N2O. The Morgan fingerprint density at radius 2 is 2.07 bits per heavy atom. The summed E-state index contributed by atoms with van der Waals surface area (Å²) in [7, 11) is 0. The average molecular weight is 202 g/mol. The van der Waals surface area contributed by atoms with Crippen molar-refractivity contribution in [1.29, 1.82) is 0 Å². The summed E-state index contributed by atoms with van der Waals surface area (Å²) in [6.45, 7) is 1.83. The quantitative estimate of drug-likeness (QED) is 0.666. The molecular weight excluding hydrogens is 188 g/mol. The van der Waals surface area contributed by atoms with Gasteiger partial charge in [-0.25, -0.2) is 0 Å². The monoisotopic (exact) mass is 202 g/mol. The van der Waals surface area contributed by atoms with E-state index in [4.69, 9.17) is 0 Å². The number of hydrogen-bond donors (Lipinski definition) is 2. The Balaban J connectivity index is 2.06. The van der Waals surface area contributed by atoms with E-state index in [1.807, 2.05) is 12.1 Å². The highest BCUT2D eigenvalue weighted by Crippen LogP contribution is 2.38. The molecule has 1 amide bonds. The van der Waals surface area contributed by atoms with E-state index in [-0.39, 0.29) is 11.8 Å². The maximum atomic E-state index is 11.8. The minimum Gasteiger partial charge on any atom is -0.326 e. The fourth-order valence-corrected chi connectivity index (χ4v) is 2.67. The number of carbonyl (C=O) groups excluding carboxylic acids is 1. The molecule has 0 aliphatic carbocycles. The van der Waals surface area contributed by atoms with Gasteiger partial charge in [0.05, 0.1) is 5.92 Å². The molecule has 0 aromatic heterocycles. The van der Waals surface area contributed by atoms with Gasteiger partial charge >= 0.3 is 0 Å². The van der Waals surface area contributed by atoms with Crippen molar-refractivity contribution in [2.45, 2.75) is 12.3 Å². The summed E-state index contributed by atoms with van der Waals surface area (Å²) in [6.07, 6.45) is 1.06. The number of benzene rings is 1. The van der Waals surface area contributed by atoms with Crippen molar-refractivity contribution in [1.82, 2.24) is 5.32 Å². The van der Waals surface area contributed by atoms with Crippen LogP contribution in [0.25, 0.3) is 0 Å². The number of rotatable bonds is 0. The first-order valence-corrected chi connectivity index (χ1v) is 5.47. The van der Waals surface area contributed by atoms with Gasteiger partial charge in [0.15, 0.2) is 0 Å². The summed E-state index contributed by atoms with van der Waals surface area (Å²) >= 11 is 0. The average Bonchev–Trinajstić information content (AvgIpc) is 2.30. The minimum absolute atomic E-state index is 0.119. The van der Waals surface area contributed by atoms with E-state index in [9.17, 15) is 4.79 Å². The van der Waals surface area contributed by atoms with Gasteiger partial charge in [-0.05, 0) is 30.5 Å². The summed E-state index contributed by atoms with van der Waals surface area (Å²) in [4.78, 5) is 11.8. The molecule has 0 bridgehead atoms. The normalized spacial score (nSPS) is 28.9. The van der Waals surface area contributed by atoms with Crippen molar-refractivity contribution in [2.75, 3.05) is 18.4 Å².